The first-order valence-electron chi connectivity index (χ1n) is 13.0. The molecule has 2 aromatic carbocycles. The van der Waals surface area contributed by atoms with Crippen molar-refractivity contribution in [3.63, 3.8) is 0 Å². The van der Waals surface area contributed by atoms with Gasteiger partial charge in [-0.1, -0.05) is 18.5 Å². The molecular formula is C29H32ClN7O2. The number of carbonyl (C=O) groups is 1. The molecule has 10 heteroatoms. The van der Waals surface area contributed by atoms with Crippen LogP contribution in [-0.2, 0) is 10.2 Å². The van der Waals surface area contributed by atoms with Gasteiger partial charge in [-0.15, -0.1) is 0 Å². The van der Waals surface area contributed by atoms with Crippen LogP contribution in [0.1, 0.15) is 36.5 Å². The molecule has 4 N–H and O–H groups in total. The quantitative estimate of drug-likeness (QED) is 0.352. The molecule has 202 valence electrons. The van der Waals surface area contributed by atoms with Crippen molar-refractivity contribution in [3.8, 4) is 17.3 Å². The second kappa shape index (κ2) is 10.8. The fourth-order valence-corrected chi connectivity index (χ4v) is 5.43. The molecule has 5 rings (SSSR count). The first-order valence-corrected chi connectivity index (χ1v) is 13.4. The van der Waals surface area contributed by atoms with Crippen LogP contribution in [-0.4, -0.2) is 59.2 Å². The summed E-state index contributed by atoms with van der Waals surface area (Å²) in [6.07, 6.45) is 3.31. The van der Waals surface area contributed by atoms with Gasteiger partial charge in [0.2, 0.25) is 11.9 Å². The summed E-state index contributed by atoms with van der Waals surface area (Å²) in [4.78, 5) is 24.3. The van der Waals surface area contributed by atoms with Crippen LogP contribution in [0.3, 0.4) is 0 Å². The van der Waals surface area contributed by atoms with E-state index >= 15 is 0 Å². The lowest BCUT2D eigenvalue weighted by Crippen LogP contribution is -2.36. The first kappa shape index (κ1) is 26.9. The molecule has 39 heavy (non-hydrogen) atoms. The summed E-state index contributed by atoms with van der Waals surface area (Å²) in [6.45, 7) is 6.21. The van der Waals surface area contributed by atoms with E-state index in [1.54, 1.807) is 30.5 Å². The average molecular weight is 546 g/mol. The van der Waals surface area contributed by atoms with Crippen molar-refractivity contribution in [1.82, 2.24) is 14.9 Å². The van der Waals surface area contributed by atoms with Gasteiger partial charge >= 0.3 is 0 Å². The summed E-state index contributed by atoms with van der Waals surface area (Å²) in [5, 5.41) is 29.8. The van der Waals surface area contributed by atoms with Crippen molar-refractivity contribution in [1.29, 1.82) is 5.26 Å². The lowest BCUT2D eigenvalue weighted by molar-refractivity contribution is -0.121. The fraction of sp³-hybridized carbons (Fsp3) is 0.379. The molecule has 3 heterocycles. The number of nitrogens with one attached hydrogen (secondary N) is 3. The molecule has 2 aliphatic heterocycles. The zero-order valence-corrected chi connectivity index (χ0v) is 23.1. The SMILES string of the molecule is Cc1c(NC(=O)C2CCN(C)CC2)cc(Cl)cc1Nc1nccc(-c2cc(C#N)c3c(c2)C(C)(CO)CN3)n1. The number of halogens is 1. The van der Waals surface area contributed by atoms with Crippen LogP contribution in [0.4, 0.5) is 23.0 Å². The van der Waals surface area contributed by atoms with Crippen LogP contribution in [0.15, 0.2) is 36.5 Å². The Kier molecular flexibility index (Phi) is 7.45. The van der Waals surface area contributed by atoms with E-state index in [-0.39, 0.29) is 18.4 Å². The van der Waals surface area contributed by atoms with Gasteiger partial charge in [0.15, 0.2) is 0 Å². The van der Waals surface area contributed by atoms with Crippen LogP contribution in [0.5, 0.6) is 0 Å². The highest BCUT2D eigenvalue weighted by atomic mass is 35.5. The van der Waals surface area contributed by atoms with Crippen molar-refractivity contribution < 1.29 is 9.90 Å². The number of nitrogens with zero attached hydrogens (tertiary/aromatic N) is 4. The van der Waals surface area contributed by atoms with E-state index in [0.29, 0.717) is 40.1 Å². The van der Waals surface area contributed by atoms with E-state index in [9.17, 15) is 15.2 Å². The molecule has 1 saturated heterocycles. The molecule has 0 radical (unpaired) electrons. The Morgan fingerprint density at radius 3 is 2.74 bits per heavy atom. The summed E-state index contributed by atoms with van der Waals surface area (Å²) in [6, 6.07) is 11.3. The maximum atomic E-state index is 12.9. The van der Waals surface area contributed by atoms with Gasteiger partial charge in [0.25, 0.3) is 0 Å². The second-order valence-corrected chi connectivity index (χ2v) is 11.2. The topological polar surface area (TPSA) is 126 Å². The van der Waals surface area contributed by atoms with Crippen LogP contribution in [0.2, 0.25) is 5.02 Å². The molecule has 3 aromatic rings. The number of hydrogen-bond acceptors (Lipinski definition) is 8. The van der Waals surface area contributed by atoms with Crippen LogP contribution >= 0.6 is 11.6 Å². The Balaban J connectivity index is 1.41. The average Bonchev–Trinajstić information content (AvgIpc) is 3.28. The predicted octanol–water partition coefficient (Wildman–Crippen LogP) is 4.68. The highest BCUT2D eigenvalue weighted by Gasteiger charge is 2.36. The number of carbonyl (C=O) groups excluding carboxylic acids is 1. The molecule has 0 aliphatic carbocycles. The van der Waals surface area contributed by atoms with Crippen molar-refractivity contribution in [3.05, 3.63) is 58.2 Å². The number of aliphatic hydroxyl groups excluding tert-OH is 1. The zero-order valence-electron chi connectivity index (χ0n) is 22.3. The number of rotatable bonds is 6. The first-order chi connectivity index (χ1) is 18.7. The largest absolute Gasteiger partial charge is 0.395 e. The Morgan fingerprint density at radius 2 is 2.03 bits per heavy atom. The molecule has 1 unspecified atom stereocenters. The third kappa shape index (κ3) is 5.41. The summed E-state index contributed by atoms with van der Waals surface area (Å²) in [7, 11) is 2.07. The lowest BCUT2D eigenvalue weighted by Gasteiger charge is -2.28. The number of benzene rings is 2. The minimum absolute atomic E-state index is 0.00643. The summed E-state index contributed by atoms with van der Waals surface area (Å²) >= 11 is 6.44. The molecule has 2 aliphatic rings. The third-order valence-electron chi connectivity index (χ3n) is 7.83. The van der Waals surface area contributed by atoms with Gasteiger partial charge in [-0.25, -0.2) is 9.97 Å². The molecule has 9 nitrogen and oxygen atoms in total. The number of aliphatic hydroxyl groups is 1. The van der Waals surface area contributed by atoms with Gasteiger partial charge in [0.1, 0.15) is 6.07 Å². The van der Waals surface area contributed by atoms with E-state index < -0.39 is 5.41 Å². The van der Waals surface area contributed by atoms with Crippen molar-refractivity contribution in [2.24, 2.45) is 5.92 Å². The van der Waals surface area contributed by atoms with E-state index in [1.165, 1.54) is 0 Å². The number of anilines is 4. The van der Waals surface area contributed by atoms with Crippen LogP contribution in [0.25, 0.3) is 11.3 Å². The second-order valence-electron chi connectivity index (χ2n) is 10.7. The highest BCUT2D eigenvalue weighted by molar-refractivity contribution is 6.31. The number of aromatic nitrogens is 2. The zero-order chi connectivity index (χ0) is 27.7. The van der Waals surface area contributed by atoms with Crippen molar-refractivity contribution >= 4 is 40.5 Å². The normalized spacial score (nSPS) is 19.2. The van der Waals surface area contributed by atoms with Crippen molar-refractivity contribution in [2.45, 2.75) is 32.1 Å². The molecule has 0 spiro atoms. The molecule has 0 saturated carbocycles. The summed E-state index contributed by atoms with van der Waals surface area (Å²) in [5.74, 6) is 0.337. The monoisotopic (exact) mass is 545 g/mol. The predicted molar refractivity (Wildman–Crippen MR) is 153 cm³/mol. The van der Waals surface area contributed by atoms with E-state index in [0.717, 1.165) is 48.3 Å². The van der Waals surface area contributed by atoms with Crippen molar-refractivity contribution in [2.75, 3.05) is 49.2 Å². The number of piperidine rings is 1. The molecule has 1 fully saturated rings. The smallest absolute Gasteiger partial charge is 0.227 e. The standard InChI is InChI=1S/C29H32ClN7O2/c1-17-24(34-27(39)18-5-8-37(3)9-6-18)12-21(30)13-25(17)36-28-32-7-4-23(35-28)19-10-20(14-31)26-22(11-19)29(2,16-38)15-33-26/h4,7,10-13,18,33,38H,5-6,8-9,15-16H2,1-3H3,(H,34,39)(H,32,35,36). The Labute approximate surface area is 233 Å². The number of likely N-dealkylation sites (tertiary alicyclic amines) is 1. The van der Waals surface area contributed by atoms with Gasteiger partial charge < -0.3 is 26.0 Å². The lowest BCUT2D eigenvalue weighted by atomic mass is 9.83. The molecule has 1 atom stereocenters. The maximum absolute atomic E-state index is 12.9. The van der Waals surface area contributed by atoms with Crippen LogP contribution in [0, 0.1) is 24.2 Å². The van der Waals surface area contributed by atoms with E-state index in [1.807, 2.05) is 19.9 Å². The van der Waals surface area contributed by atoms with Gasteiger partial charge in [0, 0.05) is 46.0 Å². The van der Waals surface area contributed by atoms with Gasteiger partial charge in [-0.05, 0) is 81.4 Å². The Bertz CT molecular complexity index is 1460. The summed E-state index contributed by atoms with van der Waals surface area (Å²) < 4.78 is 0. The van der Waals surface area contributed by atoms with Crippen LogP contribution < -0.4 is 16.0 Å². The van der Waals surface area contributed by atoms with Gasteiger partial charge in [-0.2, -0.15) is 5.26 Å². The Morgan fingerprint density at radius 1 is 1.28 bits per heavy atom. The maximum Gasteiger partial charge on any atom is 0.227 e. The molecule has 1 amide bonds. The third-order valence-corrected chi connectivity index (χ3v) is 8.05. The Hall–Kier alpha value is -3.71. The minimum atomic E-state index is -0.489. The number of nitriles is 1. The van der Waals surface area contributed by atoms with Gasteiger partial charge in [-0.3, -0.25) is 4.79 Å². The van der Waals surface area contributed by atoms with E-state index in [4.69, 9.17) is 16.6 Å². The number of hydrogen-bond donors (Lipinski definition) is 4. The number of amides is 1. The summed E-state index contributed by atoms with van der Waals surface area (Å²) in [5.41, 5.74) is 5.21. The molecular weight excluding hydrogens is 514 g/mol. The number of fused-ring (bicyclic) bond motifs is 1. The minimum Gasteiger partial charge on any atom is -0.395 e. The molecule has 1 aromatic heterocycles. The van der Waals surface area contributed by atoms with E-state index in [2.05, 4.69) is 39.0 Å². The van der Waals surface area contributed by atoms with Gasteiger partial charge in [0.05, 0.1) is 23.6 Å². The fourth-order valence-electron chi connectivity index (χ4n) is 5.21. The highest BCUT2D eigenvalue weighted by Crippen LogP contribution is 2.41. The molecule has 0 bridgehead atoms.